The highest BCUT2D eigenvalue weighted by Crippen LogP contribution is 2.59. The Morgan fingerprint density at radius 1 is 1.27 bits per heavy atom. The molecule has 1 aromatic rings. The lowest BCUT2D eigenvalue weighted by molar-refractivity contribution is -0.132. The Morgan fingerprint density at radius 2 is 2.13 bits per heavy atom. The Morgan fingerprint density at radius 3 is 2.90 bits per heavy atom. The van der Waals surface area contributed by atoms with Gasteiger partial charge in [-0.25, -0.2) is 4.79 Å². The van der Waals surface area contributed by atoms with Gasteiger partial charge >= 0.3 is 6.03 Å². The molecule has 3 amide bonds. The molecule has 1 atom stereocenters. The van der Waals surface area contributed by atoms with E-state index in [0.29, 0.717) is 36.5 Å². The monoisotopic (exact) mass is 406 g/mol. The molecule has 156 valence electrons. The summed E-state index contributed by atoms with van der Waals surface area (Å²) in [4.78, 5) is 37.0. The maximum atomic E-state index is 12.5. The Labute approximate surface area is 175 Å². The van der Waals surface area contributed by atoms with Gasteiger partial charge in [-0.15, -0.1) is 0 Å². The first-order valence-electron chi connectivity index (χ1n) is 10.5. The normalized spacial score (nSPS) is 23.4. The Bertz CT molecular complexity index is 930. The average molecular weight is 406 g/mol. The van der Waals surface area contributed by atoms with Gasteiger partial charge in [0.05, 0.1) is 18.7 Å². The number of allylic oxidation sites excluding steroid dienone is 1. The number of fused-ring (bicyclic) bond motifs is 1. The first kappa shape index (κ1) is 18.8. The zero-order valence-corrected chi connectivity index (χ0v) is 16.9. The molecule has 1 saturated heterocycles. The van der Waals surface area contributed by atoms with Crippen molar-refractivity contribution in [2.75, 3.05) is 26.2 Å². The second-order valence-electron chi connectivity index (χ2n) is 8.59. The van der Waals surface area contributed by atoms with E-state index in [2.05, 4.69) is 20.6 Å². The predicted octanol–water partition coefficient (Wildman–Crippen LogP) is 1.56. The lowest BCUT2D eigenvalue weighted by Crippen LogP contribution is -2.41. The van der Waals surface area contributed by atoms with Crippen LogP contribution in [0.15, 0.2) is 54.4 Å². The molecule has 1 aliphatic carbocycles. The molecule has 30 heavy (non-hydrogen) atoms. The van der Waals surface area contributed by atoms with E-state index in [9.17, 15) is 9.59 Å². The molecule has 4 heterocycles. The summed E-state index contributed by atoms with van der Waals surface area (Å²) in [5.41, 5.74) is 3.23. The minimum Gasteiger partial charge on any atom is -0.367 e. The number of rotatable bonds is 4. The van der Waals surface area contributed by atoms with Gasteiger partial charge in [-0.3, -0.25) is 19.7 Å². The summed E-state index contributed by atoms with van der Waals surface area (Å²) in [5, 5.41) is 6.17. The van der Waals surface area contributed by atoms with Gasteiger partial charge in [0.15, 0.2) is 0 Å². The van der Waals surface area contributed by atoms with Crippen molar-refractivity contribution in [1.82, 2.24) is 30.4 Å². The molecule has 1 spiro atoms. The van der Waals surface area contributed by atoms with Crippen molar-refractivity contribution in [3.8, 4) is 0 Å². The molecule has 3 aliphatic heterocycles. The van der Waals surface area contributed by atoms with Crippen LogP contribution in [0.2, 0.25) is 0 Å². The average Bonchev–Trinajstić information content (AvgIpc) is 3.25. The minimum atomic E-state index is -0.0372. The van der Waals surface area contributed by atoms with Crippen molar-refractivity contribution in [1.29, 1.82) is 0 Å². The molecule has 8 nitrogen and oxygen atoms in total. The number of piperidine rings is 1. The van der Waals surface area contributed by atoms with Crippen molar-refractivity contribution >= 4 is 11.9 Å². The van der Waals surface area contributed by atoms with Gasteiger partial charge in [0.1, 0.15) is 0 Å². The van der Waals surface area contributed by atoms with Crippen molar-refractivity contribution in [3.05, 3.63) is 60.1 Å². The number of amides is 3. The van der Waals surface area contributed by atoms with E-state index in [0.717, 1.165) is 43.5 Å². The van der Waals surface area contributed by atoms with Crippen molar-refractivity contribution < 1.29 is 9.59 Å². The third kappa shape index (κ3) is 3.69. The van der Waals surface area contributed by atoms with Gasteiger partial charge in [0.25, 0.3) is 0 Å². The molecule has 2 fully saturated rings. The summed E-state index contributed by atoms with van der Waals surface area (Å²) in [6, 6.07) is -0.0372. The van der Waals surface area contributed by atoms with Crippen molar-refractivity contribution in [2.24, 2.45) is 11.3 Å². The molecule has 1 aromatic heterocycles. The van der Waals surface area contributed by atoms with Crippen LogP contribution < -0.4 is 10.6 Å². The fourth-order valence-electron chi connectivity index (χ4n) is 4.80. The zero-order chi connectivity index (χ0) is 20.6. The topological polar surface area (TPSA) is 90.5 Å². The molecule has 0 aromatic carbocycles. The Hall–Kier alpha value is -3.16. The number of nitrogens with one attached hydrogen (secondary N) is 2. The number of urea groups is 1. The molecule has 4 aliphatic rings. The number of aromatic nitrogens is 2. The number of carbonyl (C=O) groups is 2. The van der Waals surface area contributed by atoms with E-state index in [-0.39, 0.29) is 11.9 Å². The SMILES string of the molecule is O=C(NCC1CC12CCN(C(=O)Cc1cnccn1)CC2)N1C=C2C=CNC=C2C1. The van der Waals surface area contributed by atoms with Gasteiger partial charge in [-0.05, 0) is 47.8 Å². The van der Waals surface area contributed by atoms with E-state index in [1.165, 1.54) is 0 Å². The fourth-order valence-corrected chi connectivity index (χ4v) is 4.80. The number of hydrogen-bond acceptors (Lipinski definition) is 5. The first-order valence-corrected chi connectivity index (χ1v) is 10.5. The van der Waals surface area contributed by atoms with Gasteiger partial charge in [0.2, 0.25) is 5.91 Å². The van der Waals surface area contributed by atoms with Crippen LogP contribution in [0.5, 0.6) is 0 Å². The molecule has 0 bridgehead atoms. The summed E-state index contributed by atoms with van der Waals surface area (Å²) in [5.74, 6) is 0.634. The third-order valence-electron chi connectivity index (χ3n) is 6.80. The number of nitrogens with zero attached hydrogens (tertiary/aromatic N) is 4. The zero-order valence-electron chi connectivity index (χ0n) is 16.9. The largest absolute Gasteiger partial charge is 0.367 e. The smallest absolute Gasteiger partial charge is 0.321 e. The molecule has 1 saturated carbocycles. The number of hydrogen-bond donors (Lipinski definition) is 2. The van der Waals surface area contributed by atoms with Crippen LogP contribution in [0.4, 0.5) is 4.79 Å². The Balaban J connectivity index is 1.07. The summed E-state index contributed by atoms with van der Waals surface area (Å²) < 4.78 is 0. The minimum absolute atomic E-state index is 0.0372. The highest BCUT2D eigenvalue weighted by Gasteiger charge is 2.54. The van der Waals surface area contributed by atoms with Crippen LogP contribution in [-0.4, -0.2) is 57.9 Å². The lowest BCUT2D eigenvalue weighted by Gasteiger charge is -2.33. The quantitative estimate of drug-likeness (QED) is 0.792. The van der Waals surface area contributed by atoms with Gasteiger partial charge < -0.3 is 15.5 Å². The second-order valence-corrected chi connectivity index (χ2v) is 8.59. The van der Waals surface area contributed by atoms with E-state index in [1.807, 2.05) is 29.6 Å². The molecule has 2 N–H and O–H groups in total. The maximum absolute atomic E-state index is 12.5. The fraction of sp³-hybridized carbons (Fsp3) is 0.455. The summed E-state index contributed by atoms with van der Waals surface area (Å²) in [6.45, 7) is 2.89. The van der Waals surface area contributed by atoms with E-state index in [4.69, 9.17) is 0 Å². The molecule has 0 radical (unpaired) electrons. The van der Waals surface area contributed by atoms with E-state index < -0.39 is 0 Å². The van der Waals surface area contributed by atoms with Crippen molar-refractivity contribution in [3.63, 3.8) is 0 Å². The molecule has 8 heteroatoms. The van der Waals surface area contributed by atoms with Crippen LogP contribution >= 0.6 is 0 Å². The summed E-state index contributed by atoms with van der Waals surface area (Å²) in [6.07, 6.45) is 16.1. The molecular formula is C22H26N6O2. The highest BCUT2D eigenvalue weighted by atomic mass is 16.2. The lowest BCUT2D eigenvalue weighted by atomic mass is 9.90. The van der Waals surface area contributed by atoms with Crippen LogP contribution in [0.25, 0.3) is 0 Å². The van der Waals surface area contributed by atoms with E-state index in [1.54, 1.807) is 23.5 Å². The second kappa shape index (κ2) is 7.59. The molecule has 1 unspecified atom stereocenters. The predicted molar refractivity (Wildman–Crippen MR) is 111 cm³/mol. The summed E-state index contributed by atoms with van der Waals surface area (Å²) in [7, 11) is 0. The highest BCUT2D eigenvalue weighted by molar-refractivity contribution is 5.78. The number of carbonyl (C=O) groups excluding carboxylic acids is 2. The maximum Gasteiger partial charge on any atom is 0.321 e. The van der Waals surface area contributed by atoms with Crippen LogP contribution in [0.1, 0.15) is 25.0 Å². The molecule has 5 rings (SSSR count). The van der Waals surface area contributed by atoms with Crippen LogP contribution in [0.3, 0.4) is 0 Å². The van der Waals surface area contributed by atoms with Gasteiger partial charge in [-0.2, -0.15) is 0 Å². The van der Waals surface area contributed by atoms with E-state index >= 15 is 0 Å². The van der Waals surface area contributed by atoms with Crippen LogP contribution in [0, 0.1) is 11.3 Å². The first-order chi connectivity index (χ1) is 14.6. The number of likely N-dealkylation sites (tertiary alicyclic amines) is 1. The summed E-state index contributed by atoms with van der Waals surface area (Å²) >= 11 is 0. The third-order valence-corrected chi connectivity index (χ3v) is 6.80. The van der Waals surface area contributed by atoms with Gasteiger partial charge in [0, 0.05) is 56.8 Å². The van der Waals surface area contributed by atoms with Crippen molar-refractivity contribution in [2.45, 2.75) is 25.7 Å². The number of dihydropyridines is 1. The van der Waals surface area contributed by atoms with Gasteiger partial charge in [-0.1, -0.05) is 0 Å². The Kier molecular flexibility index (Phi) is 4.77. The van der Waals surface area contributed by atoms with Crippen LogP contribution in [-0.2, 0) is 11.2 Å². The standard InChI is InChI=1S/C22H26N6O2/c29-20(9-19-13-24-5-6-25-19)27-7-2-22(3-8-27)10-18(22)12-26-21(30)28-14-16-1-4-23-11-17(16)15-28/h1,4-6,11,13-14,18,23H,2-3,7-10,12,15H2,(H,26,30). The molecular weight excluding hydrogens is 380 g/mol.